The predicted molar refractivity (Wildman–Crippen MR) is 69.5 cm³/mol. The quantitative estimate of drug-likeness (QED) is 0.331. The van der Waals surface area contributed by atoms with Crippen LogP contribution in [-0.2, 0) is 13.3 Å². The van der Waals surface area contributed by atoms with E-state index in [4.69, 9.17) is 0 Å². The Morgan fingerprint density at radius 3 is 2.26 bits per heavy atom. The molecule has 0 heterocycles. The van der Waals surface area contributed by atoms with E-state index in [1.165, 1.54) is 13.0 Å². The van der Waals surface area contributed by atoms with Crippen molar-refractivity contribution in [3.05, 3.63) is 12.1 Å². The van der Waals surface area contributed by atoms with Crippen LogP contribution in [0.2, 0.25) is 0 Å². The van der Waals surface area contributed by atoms with Crippen molar-refractivity contribution in [3.8, 4) is 5.75 Å². The molecule has 0 radical (unpaired) electrons. The minimum absolute atomic E-state index is 0.115. The van der Waals surface area contributed by atoms with Crippen molar-refractivity contribution in [1.82, 2.24) is 0 Å². The van der Waals surface area contributed by atoms with Crippen molar-refractivity contribution in [2.75, 3.05) is 5.32 Å². The Balaban J connectivity index is 3.44. The number of anilines is 1. The van der Waals surface area contributed by atoms with Crippen molar-refractivity contribution in [2.24, 2.45) is 0 Å². The average Bonchev–Trinajstić information content (AvgIpc) is 2.20. The van der Waals surface area contributed by atoms with Gasteiger partial charge in [-0.1, -0.05) is 0 Å². The average molecular weight is 349 g/mol. The Morgan fingerprint density at radius 1 is 1.26 bits per heavy atom. The van der Waals surface area contributed by atoms with Gasteiger partial charge in [-0.25, -0.2) is 0 Å². The Bertz CT molecular complexity index is 582. The van der Waals surface area contributed by atoms with Gasteiger partial charge >= 0.3 is 116 Å². The Labute approximate surface area is 116 Å². The molecule has 0 aromatic heterocycles. The van der Waals surface area contributed by atoms with E-state index < -0.39 is 30.2 Å². The van der Waals surface area contributed by atoms with Gasteiger partial charge in [0.25, 0.3) is 0 Å². The van der Waals surface area contributed by atoms with Crippen LogP contribution in [-0.4, -0.2) is 38.5 Å². The summed E-state index contributed by atoms with van der Waals surface area (Å²) < 4.78 is 29.3. The van der Waals surface area contributed by atoms with Gasteiger partial charge in [-0.2, -0.15) is 0 Å². The fourth-order valence-corrected chi connectivity index (χ4v) is 3.50. The number of thioether (sulfide) groups is 1. The van der Waals surface area contributed by atoms with Gasteiger partial charge in [0.15, 0.2) is 0 Å². The number of amides is 1. The van der Waals surface area contributed by atoms with E-state index in [0.717, 1.165) is 13.0 Å². The normalized spacial score (nSPS) is 11.2. The summed E-state index contributed by atoms with van der Waals surface area (Å²) in [6.07, 6.45) is 0. The zero-order valence-corrected chi connectivity index (χ0v) is 12.8. The molecule has 0 fully saturated rings. The molecule has 0 spiro atoms. The van der Waals surface area contributed by atoms with Gasteiger partial charge in [0.1, 0.15) is 0 Å². The molecule has 19 heavy (non-hydrogen) atoms. The number of benzene rings is 1. The van der Waals surface area contributed by atoms with Crippen LogP contribution in [0.25, 0.3) is 0 Å². The Hall–Kier alpha value is -1.21. The molecule has 9 heteroatoms. The molecule has 0 atom stereocenters. The van der Waals surface area contributed by atoms with Crippen molar-refractivity contribution in [2.45, 2.75) is 18.7 Å². The van der Waals surface area contributed by atoms with Crippen molar-refractivity contribution < 1.29 is 26.6 Å². The molecule has 0 saturated heterocycles. The van der Waals surface area contributed by atoms with E-state index in [2.05, 4.69) is 5.32 Å². The van der Waals surface area contributed by atoms with Gasteiger partial charge in [0, 0.05) is 0 Å². The summed E-state index contributed by atoms with van der Waals surface area (Å²) in [6, 6.07) is 2.32. The van der Waals surface area contributed by atoms with Crippen LogP contribution in [0.5, 0.6) is 5.75 Å². The third kappa shape index (κ3) is 4.14. The van der Waals surface area contributed by atoms with Crippen LogP contribution in [0.3, 0.4) is 0 Å². The number of hydrogen-bond donors (Lipinski definition) is 4. The SMILES string of the molecule is CC(=O)Nc1c([As](=O)(O)O)ccc(SC(C)=O)c1O. The number of nitrogens with one attached hydrogen (secondary N) is 1. The van der Waals surface area contributed by atoms with Crippen LogP contribution in [0.15, 0.2) is 17.0 Å². The number of carbonyl (C=O) groups excluding carboxylic acids is 2. The van der Waals surface area contributed by atoms with Gasteiger partial charge in [-0.05, 0) is 0 Å². The molecule has 0 aliphatic heterocycles. The number of aromatic hydroxyl groups is 1. The molecular weight excluding hydrogens is 337 g/mol. The number of hydrogen-bond acceptors (Lipinski definition) is 5. The maximum absolute atomic E-state index is 11.3. The molecule has 0 aliphatic rings. The molecule has 0 saturated carbocycles. The second-order valence-corrected chi connectivity index (χ2v) is 8.14. The Morgan fingerprint density at radius 2 is 1.84 bits per heavy atom. The van der Waals surface area contributed by atoms with Gasteiger partial charge in [0.05, 0.1) is 0 Å². The fraction of sp³-hybridized carbons (Fsp3) is 0.200. The molecule has 1 amide bonds. The fourth-order valence-electron chi connectivity index (χ4n) is 1.34. The zero-order valence-electron chi connectivity index (χ0n) is 10.1. The summed E-state index contributed by atoms with van der Waals surface area (Å²) in [6.45, 7) is 2.42. The number of rotatable bonds is 3. The first-order chi connectivity index (χ1) is 8.62. The molecule has 0 unspecified atom stereocenters. The molecule has 1 aromatic rings. The van der Waals surface area contributed by atoms with Crippen LogP contribution in [0.4, 0.5) is 5.69 Å². The van der Waals surface area contributed by atoms with Gasteiger partial charge in [0.2, 0.25) is 0 Å². The molecule has 0 bridgehead atoms. The van der Waals surface area contributed by atoms with E-state index in [1.807, 2.05) is 0 Å². The van der Waals surface area contributed by atoms with Gasteiger partial charge in [-0.15, -0.1) is 0 Å². The number of carbonyl (C=O) groups is 2. The maximum atomic E-state index is 11.3. The first kappa shape index (κ1) is 15.8. The number of phenolic OH excluding ortho intramolecular Hbond substituents is 1. The number of phenols is 1. The molecular formula is C10H12AsNO6S. The zero-order chi connectivity index (χ0) is 14.8. The van der Waals surface area contributed by atoms with E-state index in [0.29, 0.717) is 11.8 Å². The van der Waals surface area contributed by atoms with Crippen molar-refractivity contribution >= 4 is 47.0 Å². The summed E-state index contributed by atoms with van der Waals surface area (Å²) in [7, 11) is 0. The van der Waals surface area contributed by atoms with E-state index in [9.17, 15) is 26.6 Å². The van der Waals surface area contributed by atoms with E-state index in [-0.39, 0.29) is 15.7 Å². The topological polar surface area (TPSA) is 124 Å². The predicted octanol–water partition coefficient (Wildman–Crippen LogP) is -0.450. The first-order valence-electron chi connectivity index (χ1n) is 5.01. The van der Waals surface area contributed by atoms with E-state index in [1.54, 1.807) is 0 Å². The van der Waals surface area contributed by atoms with Crippen LogP contribution in [0.1, 0.15) is 13.8 Å². The molecule has 1 rings (SSSR count). The van der Waals surface area contributed by atoms with Crippen LogP contribution in [0, 0.1) is 0 Å². The molecule has 0 aliphatic carbocycles. The van der Waals surface area contributed by atoms with Gasteiger partial charge < -0.3 is 0 Å². The van der Waals surface area contributed by atoms with Crippen LogP contribution < -0.4 is 9.67 Å². The monoisotopic (exact) mass is 349 g/mol. The molecule has 4 N–H and O–H groups in total. The van der Waals surface area contributed by atoms with E-state index >= 15 is 0 Å². The summed E-state index contributed by atoms with van der Waals surface area (Å²) in [4.78, 5) is 22.1. The molecule has 7 nitrogen and oxygen atoms in total. The summed E-state index contributed by atoms with van der Waals surface area (Å²) in [5, 5.41) is 11.8. The summed E-state index contributed by atoms with van der Waals surface area (Å²) in [5.41, 5.74) is -0.355. The first-order valence-corrected chi connectivity index (χ1v) is 9.21. The minimum atomic E-state index is -5.31. The van der Waals surface area contributed by atoms with Gasteiger partial charge in [-0.3, -0.25) is 0 Å². The van der Waals surface area contributed by atoms with Crippen molar-refractivity contribution in [1.29, 1.82) is 0 Å². The second kappa shape index (κ2) is 5.83. The standard InChI is InChI=1S/C10H12AsNO6S/c1-5(13)12-9-7(11(16,17)18)3-4-8(10(9)15)19-6(2)14/h3-4,15H,1-2H3,(H,12,13)(H2,16,17,18). The summed E-state index contributed by atoms with van der Waals surface area (Å²) in [5.74, 6) is -1.12. The van der Waals surface area contributed by atoms with Crippen molar-refractivity contribution in [3.63, 3.8) is 0 Å². The molecule has 104 valence electrons. The summed E-state index contributed by atoms with van der Waals surface area (Å²) >= 11 is -4.61. The Kier molecular flexibility index (Phi) is 4.86. The third-order valence-corrected chi connectivity index (χ3v) is 4.92. The van der Waals surface area contributed by atoms with Crippen LogP contribution >= 0.6 is 11.8 Å². The third-order valence-electron chi connectivity index (χ3n) is 1.99. The second-order valence-electron chi connectivity index (χ2n) is 3.63. The molecule has 1 aromatic carbocycles.